The van der Waals surface area contributed by atoms with Crippen molar-refractivity contribution in [2.75, 3.05) is 44.2 Å². The van der Waals surface area contributed by atoms with E-state index in [-0.39, 0.29) is 5.91 Å². The van der Waals surface area contributed by atoms with Gasteiger partial charge in [0.15, 0.2) is 0 Å². The molecular formula is C19H26N4O. The number of para-hydroxylation sites is 1. The molecule has 0 unspecified atom stereocenters. The van der Waals surface area contributed by atoms with Crippen LogP contribution >= 0.6 is 0 Å². The number of fused-ring (bicyclic) bond motifs is 1. The lowest BCUT2D eigenvalue weighted by molar-refractivity contribution is -0.122. The van der Waals surface area contributed by atoms with Crippen molar-refractivity contribution in [3.63, 3.8) is 0 Å². The summed E-state index contributed by atoms with van der Waals surface area (Å²) >= 11 is 0. The average molecular weight is 326 g/mol. The molecule has 5 nitrogen and oxygen atoms in total. The van der Waals surface area contributed by atoms with Crippen LogP contribution in [-0.4, -0.2) is 55.1 Å². The summed E-state index contributed by atoms with van der Waals surface area (Å²) in [5.41, 5.74) is 2.31. The van der Waals surface area contributed by atoms with Gasteiger partial charge in [0.05, 0.1) is 12.1 Å². The molecule has 2 heterocycles. The minimum atomic E-state index is 0.130. The second-order valence-electron chi connectivity index (χ2n) is 6.43. The molecule has 1 aliphatic heterocycles. The normalized spacial score (nSPS) is 15.7. The van der Waals surface area contributed by atoms with Crippen molar-refractivity contribution in [3.8, 4) is 0 Å². The molecule has 128 valence electrons. The molecule has 3 rings (SSSR count). The summed E-state index contributed by atoms with van der Waals surface area (Å²) < 4.78 is 0. The monoisotopic (exact) mass is 326 g/mol. The van der Waals surface area contributed by atoms with Crippen molar-refractivity contribution in [2.24, 2.45) is 0 Å². The highest BCUT2D eigenvalue weighted by molar-refractivity contribution is 5.83. The third-order valence-corrected chi connectivity index (χ3v) is 4.55. The van der Waals surface area contributed by atoms with Gasteiger partial charge in [-0.05, 0) is 31.0 Å². The molecule has 0 spiro atoms. The third kappa shape index (κ3) is 3.85. The van der Waals surface area contributed by atoms with Crippen LogP contribution in [-0.2, 0) is 4.79 Å². The summed E-state index contributed by atoms with van der Waals surface area (Å²) in [6.07, 6.45) is 0.979. The Morgan fingerprint density at radius 1 is 1.21 bits per heavy atom. The number of rotatable bonds is 5. The lowest BCUT2D eigenvalue weighted by atomic mass is 10.1. The molecule has 1 fully saturated rings. The molecule has 0 radical (unpaired) electrons. The number of carbonyl (C=O) groups is 1. The number of carbonyl (C=O) groups excluding carboxylic acids is 1. The molecule has 0 atom stereocenters. The Morgan fingerprint density at radius 3 is 2.71 bits per heavy atom. The van der Waals surface area contributed by atoms with Crippen LogP contribution in [0.15, 0.2) is 30.3 Å². The highest BCUT2D eigenvalue weighted by Crippen LogP contribution is 2.23. The fraction of sp³-hybridized carbons (Fsp3) is 0.474. The van der Waals surface area contributed by atoms with Crippen LogP contribution in [0.25, 0.3) is 10.9 Å². The lowest BCUT2D eigenvalue weighted by Gasteiger charge is -2.35. The molecule has 1 aliphatic rings. The molecule has 0 aliphatic carbocycles. The molecule has 1 aromatic carbocycles. The molecule has 24 heavy (non-hydrogen) atoms. The van der Waals surface area contributed by atoms with Crippen LogP contribution in [0.3, 0.4) is 0 Å². The van der Waals surface area contributed by atoms with E-state index in [0.29, 0.717) is 6.54 Å². The lowest BCUT2D eigenvalue weighted by Crippen LogP contribution is -2.49. The van der Waals surface area contributed by atoms with Crippen LogP contribution in [0, 0.1) is 6.92 Å². The van der Waals surface area contributed by atoms with Gasteiger partial charge in [0, 0.05) is 38.1 Å². The number of pyridine rings is 1. The third-order valence-electron chi connectivity index (χ3n) is 4.55. The summed E-state index contributed by atoms with van der Waals surface area (Å²) in [6, 6.07) is 10.4. The summed E-state index contributed by atoms with van der Waals surface area (Å²) in [4.78, 5) is 21.2. The Labute approximate surface area is 143 Å². The minimum absolute atomic E-state index is 0.130. The maximum absolute atomic E-state index is 11.8. The molecule has 5 heteroatoms. The SMILES string of the molecule is CCCNC(=O)CN1CCN(c2cc(C)c3ccccc3n2)CC1. The number of amides is 1. The highest BCUT2D eigenvalue weighted by atomic mass is 16.2. The average Bonchev–Trinajstić information content (AvgIpc) is 2.60. The second-order valence-corrected chi connectivity index (χ2v) is 6.43. The van der Waals surface area contributed by atoms with Crippen molar-refractivity contribution in [1.82, 2.24) is 15.2 Å². The zero-order valence-corrected chi connectivity index (χ0v) is 14.6. The zero-order chi connectivity index (χ0) is 16.9. The van der Waals surface area contributed by atoms with Gasteiger partial charge in [-0.25, -0.2) is 4.98 Å². The number of nitrogens with one attached hydrogen (secondary N) is 1. The van der Waals surface area contributed by atoms with Crippen LogP contribution < -0.4 is 10.2 Å². The standard InChI is InChI=1S/C19H26N4O/c1-3-8-20-19(24)14-22-9-11-23(12-10-22)18-13-15(2)16-6-4-5-7-17(16)21-18/h4-7,13H,3,8-12,14H2,1-2H3,(H,20,24). The van der Waals surface area contributed by atoms with Crippen LogP contribution in [0.5, 0.6) is 0 Å². The van der Waals surface area contributed by atoms with Crippen molar-refractivity contribution < 1.29 is 4.79 Å². The van der Waals surface area contributed by atoms with Gasteiger partial charge in [-0.2, -0.15) is 0 Å². The van der Waals surface area contributed by atoms with E-state index in [9.17, 15) is 4.79 Å². The number of aromatic nitrogens is 1. The van der Waals surface area contributed by atoms with Crippen LogP contribution in [0.2, 0.25) is 0 Å². The minimum Gasteiger partial charge on any atom is -0.355 e. The number of anilines is 1. The molecule has 1 saturated heterocycles. The molecule has 1 aromatic heterocycles. The number of aryl methyl sites for hydroxylation is 1. The number of nitrogens with zero attached hydrogens (tertiary/aromatic N) is 3. The summed E-state index contributed by atoms with van der Waals surface area (Å²) in [6.45, 7) is 9.08. The Bertz CT molecular complexity index is 708. The Kier molecular flexibility index (Phi) is 5.30. The smallest absolute Gasteiger partial charge is 0.234 e. The molecule has 0 bridgehead atoms. The predicted molar refractivity (Wildman–Crippen MR) is 98.4 cm³/mol. The van der Waals surface area contributed by atoms with Crippen molar-refractivity contribution in [1.29, 1.82) is 0 Å². The number of piperazine rings is 1. The fourth-order valence-electron chi connectivity index (χ4n) is 3.15. The number of hydrogen-bond donors (Lipinski definition) is 1. The Hall–Kier alpha value is -2.14. The van der Waals surface area contributed by atoms with E-state index in [2.05, 4.69) is 53.2 Å². The quantitative estimate of drug-likeness (QED) is 0.915. The van der Waals surface area contributed by atoms with Gasteiger partial charge < -0.3 is 10.2 Å². The van der Waals surface area contributed by atoms with E-state index >= 15 is 0 Å². The largest absolute Gasteiger partial charge is 0.355 e. The summed E-state index contributed by atoms with van der Waals surface area (Å²) in [7, 11) is 0. The van der Waals surface area contributed by atoms with Gasteiger partial charge in [0.25, 0.3) is 0 Å². The first-order valence-electron chi connectivity index (χ1n) is 8.77. The molecular weight excluding hydrogens is 300 g/mol. The topological polar surface area (TPSA) is 48.5 Å². The predicted octanol–water partition coefficient (Wildman–Crippen LogP) is 2.19. The van der Waals surface area contributed by atoms with E-state index in [1.165, 1.54) is 10.9 Å². The zero-order valence-electron chi connectivity index (χ0n) is 14.6. The van der Waals surface area contributed by atoms with Gasteiger partial charge in [-0.15, -0.1) is 0 Å². The van der Waals surface area contributed by atoms with Gasteiger partial charge in [-0.3, -0.25) is 9.69 Å². The van der Waals surface area contributed by atoms with Crippen molar-refractivity contribution in [3.05, 3.63) is 35.9 Å². The molecule has 1 N–H and O–H groups in total. The van der Waals surface area contributed by atoms with Crippen LogP contribution in [0.1, 0.15) is 18.9 Å². The molecule has 2 aromatic rings. The maximum Gasteiger partial charge on any atom is 0.234 e. The number of benzene rings is 1. The molecule has 0 saturated carbocycles. The first-order chi connectivity index (χ1) is 11.7. The van der Waals surface area contributed by atoms with Crippen LogP contribution in [0.4, 0.5) is 5.82 Å². The van der Waals surface area contributed by atoms with E-state index in [1.807, 2.05) is 6.07 Å². The second kappa shape index (κ2) is 7.62. The number of hydrogen-bond acceptors (Lipinski definition) is 4. The Balaban J connectivity index is 1.61. The fourth-order valence-corrected chi connectivity index (χ4v) is 3.15. The van der Waals surface area contributed by atoms with Crippen molar-refractivity contribution >= 4 is 22.6 Å². The highest BCUT2D eigenvalue weighted by Gasteiger charge is 2.20. The molecule has 1 amide bonds. The van der Waals surface area contributed by atoms with Gasteiger partial charge in [0.2, 0.25) is 5.91 Å². The first-order valence-corrected chi connectivity index (χ1v) is 8.77. The van der Waals surface area contributed by atoms with Gasteiger partial charge >= 0.3 is 0 Å². The van der Waals surface area contributed by atoms with Gasteiger partial charge in [-0.1, -0.05) is 25.1 Å². The Morgan fingerprint density at radius 2 is 1.96 bits per heavy atom. The maximum atomic E-state index is 11.8. The van der Waals surface area contributed by atoms with E-state index in [1.54, 1.807) is 0 Å². The summed E-state index contributed by atoms with van der Waals surface area (Å²) in [5, 5.41) is 4.16. The van der Waals surface area contributed by atoms with Gasteiger partial charge in [0.1, 0.15) is 5.82 Å². The van der Waals surface area contributed by atoms with E-state index in [0.717, 1.165) is 50.5 Å². The van der Waals surface area contributed by atoms with E-state index in [4.69, 9.17) is 4.98 Å². The first kappa shape index (κ1) is 16.7. The van der Waals surface area contributed by atoms with Crippen molar-refractivity contribution in [2.45, 2.75) is 20.3 Å². The summed E-state index contributed by atoms with van der Waals surface area (Å²) in [5.74, 6) is 1.17. The van der Waals surface area contributed by atoms with E-state index < -0.39 is 0 Å².